The number of rotatable bonds is 1. The monoisotopic (exact) mass is 325 g/mol. The van der Waals surface area contributed by atoms with Gasteiger partial charge in [0.2, 0.25) is 0 Å². The second-order valence-corrected chi connectivity index (χ2v) is 9.51. The third-order valence-corrected chi connectivity index (χ3v) is 5.43. The lowest BCUT2D eigenvalue weighted by atomic mass is 9.66. The average molecular weight is 325 g/mol. The van der Waals surface area contributed by atoms with Crippen molar-refractivity contribution in [2.45, 2.75) is 91.4 Å². The second kappa shape index (κ2) is 6.62. The molecule has 134 valence electrons. The number of ether oxygens (including phenoxy) is 1. The van der Waals surface area contributed by atoms with E-state index < -0.39 is 5.60 Å². The van der Waals surface area contributed by atoms with E-state index in [-0.39, 0.29) is 29.6 Å². The number of aliphatic hydroxyl groups excluding tert-OH is 1. The van der Waals surface area contributed by atoms with Crippen LogP contribution < -0.4 is 0 Å². The number of aliphatic hydroxyl groups is 1. The molecule has 4 unspecified atom stereocenters. The summed E-state index contributed by atoms with van der Waals surface area (Å²) in [5.74, 6) is 0.755. The van der Waals surface area contributed by atoms with Crippen LogP contribution in [0.5, 0.6) is 0 Å². The van der Waals surface area contributed by atoms with Crippen LogP contribution in [0.2, 0.25) is 0 Å². The van der Waals surface area contributed by atoms with Crippen LogP contribution in [0.3, 0.4) is 0 Å². The molecule has 0 aromatic rings. The van der Waals surface area contributed by atoms with Crippen molar-refractivity contribution in [2.75, 3.05) is 6.54 Å². The summed E-state index contributed by atoms with van der Waals surface area (Å²) in [6.45, 7) is 13.3. The van der Waals surface area contributed by atoms with Crippen molar-refractivity contribution >= 4 is 6.09 Å². The largest absolute Gasteiger partial charge is 0.444 e. The van der Waals surface area contributed by atoms with Crippen molar-refractivity contribution in [3.63, 3.8) is 0 Å². The van der Waals surface area contributed by atoms with Gasteiger partial charge < -0.3 is 14.7 Å². The molecule has 1 heterocycles. The van der Waals surface area contributed by atoms with Crippen molar-refractivity contribution in [1.82, 2.24) is 4.90 Å². The van der Waals surface area contributed by atoms with Crippen molar-refractivity contribution < 1.29 is 14.6 Å². The topological polar surface area (TPSA) is 49.8 Å². The van der Waals surface area contributed by atoms with Gasteiger partial charge in [-0.2, -0.15) is 0 Å². The predicted octanol–water partition coefficient (Wildman–Crippen LogP) is 4.21. The second-order valence-electron chi connectivity index (χ2n) is 9.51. The summed E-state index contributed by atoms with van der Waals surface area (Å²) < 4.78 is 5.63. The lowest BCUT2D eigenvalue weighted by molar-refractivity contribution is -0.0522. The fraction of sp³-hybridized carbons (Fsp3) is 0.947. The van der Waals surface area contributed by atoms with E-state index in [4.69, 9.17) is 4.74 Å². The molecule has 4 atom stereocenters. The van der Waals surface area contributed by atoms with Gasteiger partial charge in [-0.25, -0.2) is 4.79 Å². The molecule has 1 N–H and O–H groups in total. The molecule has 1 aliphatic carbocycles. The first kappa shape index (κ1) is 18.6. The molecule has 2 aliphatic rings. The van der Waals surface area contributed by atoms with Gasteiger partial charge in [-0.15, -0.1) is 0 Å². The summed E-state index contributed by atoms with van der Waals surface area (Å²) >= 11 is 0. The summed E-state index contributed by atoms with van der Waals surface area (Å²) in [6.07, 6.45) is 4.33. The molecule has 1 saturated heterocycles. The quantitative estimate of drug-likeness (QED) is 0.785. The van der Waals surface area contributed by atoms with Crippen LogP contribution in [0.4, 0.5) is 4.79 Å². The molecule has 4 heteroatoms. The summed E-state index contributed by atoms with van der Waals surface area (Å²) in [4.78, 5) is 14.6. The molecule has 2 fully saturated rings. The minimum Gasteiger partial charge on any atom is -0.444 e. The highest BCUT2D eigenvalue weighted by atomic mass is 16.6. The number of piperidine rings is 1. The molecule has 1 saturated carbocycles. The molecule has 0 aromatic carbocycles. The van der Waals surface area contributed by atoms with Gasteiger partial charge in [0.1, 0.15) is 5.60 Å². The normalized spacial score (nSPS) is 35.0. The molecule has 1 amide bonds. The van der Waals surface area contributed by atoms with E-state index >= 15 is 0 Å². The van der Waals surface area contributed by atoms with Crippen molar-refractivity contribution in [3.8, 4) is 0 Å². The van der Waals surface area contributed by atoms with Crippen LogP contribution in [-0.4, -0.2) is 40.4 Å². The van der Waals surface area contributed by atoms with Gasteiger partial charge in [-0.3, -0.25) is 0 Å². The van der Waals surface area contributed by atoms with Gasteiger partial charge in [-0.1, -0.05) is 20.8 Å². The maximum Gasteiger partial charge on any atom is 0.410 e. The standard InChI is InChI=1S/C19H35NO3/c1-13-8-10-20(17(22)23-18(2,3)4)15(11-13)14-12-19(5,6)9-7-16(14)21/h13-16,21H,7-12H2,1-6H3. The third-order valence-electron chi connectivity index (χ3n) is 5.43. The zero-order chi connectivity index (χ0) is 17.4. The van der Waals surface area contributed by atoms with Gasteiger partial charge in [0, 0.05) is 18.5 Å². The van der Waals surface area contributed by atoms with Crippen LogP contribution >= 0.6 is 0 Å². The summed E-state index contributed by atoms with van der Waals surface area (Å²) in [5.41, 5.74) is -0.237. The van der Waals surface area contributed by atoms with Crippen molar-refractivity contribution in [1.29, 1.82) is 0 Å². The zero-order valence-electron chi connectivity index (χ0n) is 15.8. The number of nitrogens with zero attached hydrogens (tertiary/aromatic N) is 1. The first-order chi connectivity index (χ1) is 10.5. The maximum absolute atomic E-state index is 12.7. The van der Waals surface area contributed by atoms with E-state index in [1.165, 1.54) is 0 Å². The van der Waals surface area contributed by atoms with E-state index in [2.05, 4.69) is 20.8 Å². The molecule has 1 aliphatic heterocycles. The minimum atomic E-state index is -0.477. The van der Waals surface area contributed by atoms with Crippen LogP contribution in [0.25, 0.3) is 0 Å². The summed E-state index contributed by atoms with van der Waals surface area (Å²) in [5, 5.41) is 10.6. The summed E-state index contributed by atoms with van der Waals surface area (Å²) in [7, 11) is 0. The lowest BCUT2D eigenvalue weighted by Gasteiger charge is -2.48. The van der Waals surface area contributed by atoms with Gasteiger partial charge in [0.05, 0.1) is 6.10 Å². The van der Waals surface area contributed by atoms with Gasteiger partial charge in [-0.05, 0) is 64.2 Å². The fourth-order valence-corrected chi connectivity index (χ4v) is 4.16. The Morgan fingerprint density at radius 2 is 1.91 bits per heavy atom. The van der Waals surface area contributed by atoms with Crippen LogP contribution in [-0.2, 0) is 4.74 Å². The smallest absolute Gasteiger partial charge is 0.410 e. The number of hydrogen-bond donors (Lipinski definition) is 1. The third kappa shape index (κ3) is 4.85. The number of amides is 1. The Kier molecular flexibility index (Phi) is 5.34. The number of carbonyl (C=O) groups is 1. The Bertz CT molecular complexity index is 427. The molecule has 0 bridgehead atoms. The molecule has 0 spiro atoms. The van der Waals surface area contributed by atoms with E-state index in [1.807, 2.05) is 25.7 Å². The fourth-order valence-electron chi connectivity index (χ4n) is 4.16. The molecule has 0 aromatic heterocycles. The molecule has 0 radical (unpaired) electrons. The highest BCUT2D eigenvalue weighted by molar-refractivity contribution is 5.68. The maximum atomic E-state index is 12.7. The van der Waals surface area contributed by atoms with Gasteiger partial charge in [0.25, 0.3) is 0 Å². The Morgan fingerprint density at radius 3 is 2.52 bits per heavy atom. The first-order valence-corrected chi connectivity index (χ1v) is 9.16. The summed E-state index contributed by atoms with van der Waals surface area (Å²) in [6, 6.07) is 0.100. The zero-order valence-corrected chi connectivity index (χ0v) is 15.8. The predicted molar refractivity (Wildman–Crippen MR) is 92.3 cm³/mol. The lowest BCUT2D eigenvalue weighted by Crippen LogP contribution is -2.55. The molecule has 2 rings (SSSR count). The van der Waals surface area contributed by atoms with E-state index in [0.717, 1.165) is 38.6 Å². The Labute approximate surface area is 141 Å². The highest BCUT2D eigenvalue weighted by Gasteiger charge is 2.44. The SMILES string of the molecule is CC1CCN(C(=O)OC(C)(C)C)C(C2CC(C)(C)CCC2O)C1. The van der Waals surface area contributed by atoms with Crippen LogP contribution in [0.15, 0.2) is 0 Å². The van der Waals surface area contributed by atoms with Gasteiger partial charge >= 0.3 is 6.09 Å². The van der Waals surface area contributed by atoms with Crippen molar-refractivity contribution in [2.24, 2.45) is 17.3 Å². The van der Waals surface area contributed by atoms with E-state index in [1.54, 1.807) is 0 Å². The minimum absolute atomic E-state index is 0.100. The molecule has 4 nitrogen and oxygen atoms in total. The van der Waals surface area contributed by atoms with Gasteiger partial charge in [0.15, 0.2) is 0 Å². The van der Waals surface area contributed by atoms with Crippen LogP contribution in [0.1, 0.15) is 73.6 Å². The Balaban J connectivity index is 2.18. The molecule has 23 heavy (non-hydrogen) atoms. The number of carbonyl (C=O) groups excluding carboxylic acids is 1. The van der Waals surface area contributed by atoms with E-state index in [0.29, 0.717) is 5.92 Å². The van der Waals surface area contributed by atoms with E-state index in [9.17, 15) is 9.90 Å². The Morgan fingerprint density at radius 1 is 1.26 bits per heavy atom. The molecular weight excluding hydrogens is 290 g/mol. The first-order valence-electron chi connectivity index (χ1n) is 9.16. The highest BCUT2D eigenvalue weighted by Crippen LogP contribution is 2.43. The van der Waals surface area contributed by atoms with Crippen LogP contribution in [0, 0.1) is 17.3 Å². The number of likely N-dealkylation sites (tertiary alicyclic amines) is 1. The number of hydrogen-bond acceptors (Lipinski definition) is 3. The average Bonchev–Trinajstić information content (AvgIpc) is 2.39. The Hall–Kier alpha value is -0.770. The molecular formula is C19H35NO3. The van der Waals surface area contributed by atoms with Crippen molar-refractivity contribution in [3.05, 3.63) is 0 Å².